The first kappa shape index (κ1) is 17.2. The molecule has 1 saturated heterocycles. The summed E-state index contributed by atoms with van der Waals surface area (Å²) in [6.45, 7) is 6.18. The molecule has 2 spiro atoms. The van der Waals surface area contributed by atoms with Gasteiger partial charge in [-0.3, -0.25) is 9.59 Å². The molecule has 1 heterocycles. The fourth-order valence-corrected chi connectivity index (χ4v) is 6.84. The van der Waals surface area contributed by atoms with Crippen molar-refractivity contribution >= 4 is 11.8 Å². The van der Waals surface area contributed by atoms with Gasteiger partial charge in [-0.1, -0.05) is 19.9 Å². The normalized spacial score (nSPS) is 49.2. The van der Waals surface area contributed by atoms with Crippen molar-refractivity contribution in [2.75, 3.05) is 19.8 Å². The van der Waals surface area contributed by atoms with Gasteiger partial charge in [-0.25, -0.2) is 0 Å². The highest BCUT2D eigenvalue weighted by Gasteiger charge is 2.71. The number of carbonyl (C=O) groups excluding carboxylic acids is 2. The minimum Gasteiger partial charge on any atom is -0.464 e. The van der Waals surface area contributed by atoms with Gasteiger partial charge in [0.2, 0.25) is 0 Å². The highest BCUT2D eigenvalue weighted by atomic mass is 16.5. The summed E-state index contributed by atoms with van der Waals surface area (Å²) in [5, 5.41) is 20.3. The highest BCUT2D eigenvalue weighted by molar-refractivity contribution is 6.15. The molecule has 25 heavy (non-hydrogen) atoms. The van der Waals surface area contributed by atoms with Crippen molar-refractivity contribution in [3.8, 4) is 0 Å². The zero-order valence-corrected chi connectivity index (χ0v) is 14.9. The van der Waals surface area contributed by atoms with Gasteiger partial charge in [0.05, 0.1) is 6.61 Å². The fourth-order valence-electron chi connectivity index (χ4n) is 6.84. The summed E-state index contributed by atoms with van der Waals surface area (Å²) >= 11 is 0. The van der Waals surface area contributed by atoms with Gasteiger partial charge in [0.15, 0.2) is 5.78 Å². The summed E-state index contributed by atoms with van der Waals surface area (Å²) in [5.41, 5.74) is -1.35. The Kier molecular flexibility index (Phi) is 3.72. The molecule has 0 radical (unpaired) electrons. The second-order valence-corrected chi connectivity index (χ2v) is 9.07. The molecular weight excluding hydrogens is 320 g/mol. The number of rotatable bonds is 2. The standard InChI is InChI=1S/C20H28O5/c1-12-13-4-5-14-19(7-3-6-18(2,10-22)15(19)9-21)11-25-17(24)20(14,8-13)16(12)23/h13-15,21-22H,1,3-11H2,2H3/t13-,14+,15-,18-,19-,20+/m1/s1. The molecule has 0 amide bonds. The van der Waals surface area contributed by atoms with E-state index in [2.05, 4.69) is 6.58 Å². The third-order valence-electron chi connectivity index (χ3n) is 8.16. The van der Waals surface area contributed by atoms with Crippen LogP contribution in [0.15, 0.2) is 12.2 Å². The van der Waals surface area contributed by atoms with Gasteiger partial charge in [-0.2, -0.15) is 0 Å². The molecule has 5 heteroatoms. The van der Waals surface area contributed by atoms with Crippen molar-refractivity contribution < 1.29 is 24.5 Å². The second kappa shape index (κ2) is 5.40. The highest BCUT2D eigenvalue weighted by Crippen LogP contribution is 2.67. The first-order valence-electron chi connectivity index (χ1n) is 9.48. The average molecular weight is 348 g/mol. The maximum absolute atomic E-state index is 13.1. The molecule has 5 nitrogen and oxygen atoms in total. The summed E-state index contributed by atoms with van der Waals surface area (Å²) in [6, 6.07) is 0. The van der Waals surface area contributed by atoms with Crippen LogP contribution in [0.5, 0.6) is 0 Å². The number of aliphatic hydroxyl groups is 2. The predicted molar refractivity (Wildman–Crippen MR) is 90.4 cm³/mol. The average Bonchev–Trinajstić information content (AvgIpc) is 2.80. The molecule has 0 aromatic carbocycles. The van der Waals surface area contributed by atoms with Crippen LogP contribution in [-0.4, -0.2) is 41.8 Å². The maximum atomic E-state index is 13.1. The van der Waals surface area contributed by atoms with E-state index in [0.717, 1.165) is 32.1 Å². The number of Topliss-reactive ketones (excluding diaryl/α,β-unsaturated/α-hetero) is 1. The fraction of sp³-hybridized carbons (Fsp3) is 0.800. The van der Waals surface area contributed by atoms with Crippen molar-refractivity contribution in [1.29, 1.82) is 0 Å². The Balaban J connectivity index is 1.85. The largest absolute Gasteiger partial charge is 0.464 e. The van der Waals surface area contributed by atoms with Gasteiger partial charge < -0.3 is 14.9 Å². The summed E-state index contributed by atoms with van der Waals surface area (Å²) in [4.78, 5) is 25.9. The molecule has 3 saturated carbocycles. The summed E-state index contributed by atoms with van der Waals surface area (Å²) in [5.74, 6) is -0.715. The van der Waals surface area contributed by atoms with E-state index in [1.165, 1.54) is 0 Å². The molecule has 2 bridgehead atoms. The number of esters is 1. The van der Waals surface area contributed by atoms with Crippen molar-refractivity contribution in [3.05, 3.63) is 12.2 Å². The van der Waals surface area contributed by atoms with Crippen LogP contribution in [-0.2, 0) is 14.3 Å². The number of hydrogen-bond acceptors (Lipinski definition) is 5. The van der Waals surface area contributed by atoms with E-state index in [1.54, 1.807) is 0 Å². The predicted octanol–water partition coefficient (Wildman–Crippen LogP) is 1.86. The van der Waals surface area contributed by atoms with Crippen LogP contribution in [0.4, 0.5) is 0 Å². The Morgan fingerprint density at radius 2 is 2.00 bits per heavy atom. The third kappa shape index (κ3) is 1.91. The van der Waals surface area contributed by atoms with Crippen LogP contribution in [0.25, 0.3) is 0 Å². The van der Waals surface area contributed by atoms with Gasteiger partial charge in [0, 0.05) is 18.6 Å². The van der Waals surface area contributed by atoms with Crippen LogP contribution in [0.2, 0.25) is 0 Å². The van der Waals surface area contributed by atoms with E-state index in [1.807, 2.05) is 6.92 Å². The van der Waals surface area contributed by atoms with Gasteiger partial charge in [-0.05, 0) is 60.8 Å². The Morgan fingerprint density at radius 3 is 2.68 bits per heavy atom. The molecule has 138 valence electrons. The maximum Gasteiger partial charge on any atom is 0.320 e. The van der Waals surface area contributed by atoms with Gasteiger partial charge in [0.1, 0.15) is 5.41 Å². The number of carbonyl (C=O) groups is 2. The minimum atomic E-state index is -1.10. The van der Waals surface area contributed by atoms with E-state index in [9.17, 15) is 19.8 Å². The number of allylic oxidation sites excluding steroid dienone is 1. The lowest BCUT2D eigenvalue weighted by Crippen LogP contribution is -2.64. The first-order chi connectivity index (χ1) is 11.9. The minimum absolute atomic E-state index is 0.00305. The van der Waals surface area contributed by atoms with Gasteiger partial charge >= 0.3 is 5.97 Å². The third-order valence-corrected chi connectivity index (χ3v) is 8.16. The lowest BCUT2D eigenvalue weighted by molar-refractivity contribution is -0.220. The number of aliphatic hydroxyl groups excluding tert-OH is 2. The van der Waals surface area contributed by atoms with Crippen molar-refractivity contribution in [2.24, 2.45) is 34.0 Å². The monoisotopic (exact) mass is 348 g/mol. The molecule has 4 aliphatic rings. The van der Waals surface area contributed by atoms with E-state index in [-0.39, 0.29) is 49.3 Å². The smallest absolute Gasteiger partial charge is 0.320 e. The molecule has 2 N–H and O–H groups in total. The molecule has 0 aromatic rings. The van der Waals surface area contributed by atoms with Gasteiger partial charge in [0.25, 0.3) is 0 Å². The molecule has 0 aromatic heterocycles. The number of fused-ring (bicyclic) bond motifs is 2. The molecule has 4 fully saturated rings. The number of cyclic esters (lactones) is 1. The topological polar surface area (TPSA) is 83.8 Å². The van der Waals surface area contributed by atoms with Crippen molar-refractivity contribution in [2.45, 2.75) is 45.4 Å². The van der Waals surface area contributed by atoms with Crippen LogP contribution in [0.3, 0.4) is 0 Å². The van der Waals surface area contributed by atoms with Crippen molar-refractivity contribution in [1.82, 2.24) is 0 Å². The summed E-state index contributed by atoms with van der Waals surface area (Å²) < 4.78 is 5.66. The molecule has 4 rings (SSSR count). The number of ether oxygens (including phenoxy) is 1. The number of ketones is 1. The Labute approximate surface area is 148 Å². The molecule has 1 aliphatic heterocycles. The Hall–Kier alpha value is -1.20. The Morgan fingerprint density at radius 1 is 1.24 bits per heavy atom. The number of hydrogen-bond donors (Lipinski definition) is 2. The summed E-state index contributed by atoms with van der Waals surface area (Å²) in [7, 11) is 0. The lowest BCUT2D eigenvalue weighted by Gasteiger charge is -2.61. The van der Waals surface area contributed by atoms with E-state index < -0.39 is 16.2 Å². The quantitative estimate of drug-likeness (QED) is 0.452. The van der Waals surface area contributed by atoms with Crippen LogP contribution < -0.4 is 0 Å². The molecule has 0 unspecified atom stereocenters. The van der Waals surface area contributed by atoms with Crippen LogP contribution in [0, 0.1) is 34.0 Å². The van der Waals surface area contributed by atoms with Crippen molar-refractivity contribution in [3.63, 3.8) is 0 Å². The zero-order chi connectivity index (χ0) is 18.0. The Bertz CT molecular complexity index is 642. The SMILES string of the molecule is C=C1C(=O)[C@]23C[C@H]1CC[C@H]2[C@@]1(CCC[C@](C)(CO)[C@H]1CO)COC3=O. The second-order valence-electron chi connectivity index (χ2n) is 9.07. The van der Waals surface area contributed by atoms with Crippen LogP contribution >= 0.6 is 0 Å². The summed E-state index contributed by atoms with van der Waals surface area (Å²) in [6.07, 6.45) is 4.77. The van der Waals surface area contributed by atoms with E-state index in [4.69, 9.17) is 4.74 Å². The lowest BCUT2D eigenvalue weighted by atomic mass is 9.44. The molecular formula is C20H28O5. The zero-order valence-electron chi connectivity index (χ0n) is 14.9. The van der Waals surface area contributed by atoms with Gasteiger partial charge in [-0.15, -0.1) is 0 Å². The van der Waals surface area contributed by atoms with E-state index in [0.29, 0.717) is 12.0 Å². The molecule has 3 aliphatic carbocycles. The molecule has 6 atom stereocenters. The van der Waals surface area contributed by atoms with E-state index >= 15 is 0 Å². The van der Waals surface area contributed by atoms with Crippen LogP contribution in [0.1, 0.15) is 45.4 Å². The first-order valence-corrected chi connectivity index (χ1v) is 9.48.